The SMILES string of the molecule is CN=C(NCc1ccc(OC)c(OC(F)F)c1)NCc1nc(C(F)(F)F)cs1.I. The lowest BCUT2D eigenvalue weighted by molar-refractivity contribution is -0.140. The Balaban J connectivity index is 0.00000420. The molecule has 0 aliphatic heterocycles. The summed E-state index contributed by atoms with van der Waals surface area (Å²) >= 11 is 0.877. The summed E-state index contributed by atoms with van der Waals surface area (Å²) in [6.07, 6.45) is -4.49. The third-order valence-electron chi connectivity index (χ3n) is 3.38. The van der Waals surface area contributed by atoms with Crippen molar-refractivity contribution in [2.24, 2.45) is 4.99 Å². The van der Waals surface area contributed by atoms with Gasteiger partial charge in [-0.25, -0.2) is 4.98 Å². The molecule has 13 heteroatoms. The largest absolute Gasteiger partial charge is 0.493 e. The van der Waals surface area contributed by atoms with Gasteiger partial charge in [0.1, 0.15) is 5.01 Å². The van der Waals surface area contributed by atoms with Crippen LogP contribution in [0.1, 0.15) is 16.3 Å². The number of alkyl halides is 5. The first kappa shape index (κ1) is 25.1. The van der Waals surface area contributed by atoms with Crippen molar-refractivity contribution in [2.45, 2.75) is 25.9 Å². The van der Waals surface area contributed by atoms with Crippen LogP contribution in [-0.2, 0) is 19.3 Å². The van der Waals surface area contributed by atoms with Crippen LogP contribution in [0, 0.1) is 0 Å². The van der Waals surface area contributed by atoms with Gasteiger partial charge in [-0.05, 0) is 17.7 Å². The van der Waals surface area contributed by atoms with Crippen molar-refractivity contribution in [3.63, 3.8) is 0 Å². The van der Waals surface area contributed by atoms with Gasteiger partial charge >= 0.3 is 12.8 Å². The number of hydrogen-bond acceptors (Lipinski definition) is 5. The fourth-order valence-electron chi connectivity index (χ4n) is 2.11. The Kier molecular flexibility index (Phi) is 9.82. The molecular weight excluding hydrogens is 534 g/mol. The van der Waals surface area contributed by atoms with Crippen molar-refractivity contribution < 1.29 is 31.4 Å². The highest BCUT2D eigenvalue weighted by Gasteiger charge is 2.33. The molecule has 0 saturated carbocycles. The number of aromatic nitrogens is 1. The second-order valence-corrected chi connectivity index (χ2v) is 6.21. The highest BCUT2D eigenvalue weighted by molar-refractivity contribution is 14.0. The van der Waals surface area contributed by atoms with E-state index in [1.807, 2.05) is 0 Å². The van der Waals surface area contributed by atoms with Crippen LogP contribution in [0.3, 0.4) is 0 Å². The normalized spacial score (nSPS) is 11.8. The van der Waals surface area contributed by atoms with Crippen molar-refractivity contribution >= 4 is 41.3 Å². The van der Waals surface area contributed by atoms with Gasteiger partial charge in [0.15, 0.2) is 23.2 Å². The first-order valence-corrected chi connectivity index (χ1v) is 8.68. The fraction of sp³-hybridized carbons (Fsp3) is 0.375. The number of rotatable bonds is 7. The third-order valence-corrected chi connectivity index (χ3v) is 4.23. The maximum atomic E-state index is 12.6. The molecule has 0 saturated heterocycles. The van der Waals surface area contributed by atoms with Gasteiger partial charge in [0, 0.05) is 19.0 Å². The van der Waals surface area contributed by atoms with E-state index in [0.717, 1.165) is 16.7 Å². The summed E-state index contributed by atoms with van der Waals surface area (Å²) in [7, 11) is 2.82. The Morgan fingerprint density at radius 1 is 1.21 bits per heavy atom. The van der Waals surface area contributed by atoms with E-state index in [0.29, 0.717) is 11.5 Å². The molecular formula is C16H18F5IN4O2S. The smallest absolute Gasteiger partial charge is 0.434 e. The van der Waals surface area contributed by atoms with E-state index >= 15 is 0 Å². The van der Waals surface area contributed by atoms with E-state index in [4.69, 9.17) is 4.74 Å². The first-order valence-electron chi connectivity index (χ1n) is 7.80. The van der Waals surface area contributed by atoms with Gasteiger partial charge in [-0.3, -0.25) is 4.99 Å². The van der Waals surface area contributed by atoms with Crippen LogP contribution < -0.4 is 20.1 Å². The Morgan fingerprint density at radius 3 is 2.45 bits per heavy atom. The van der Waals surface area contributed by atoms with Gasteiger partial charge < -0.3 is 20.1 Å². The molecule has 1 aromatic heterocycles. The summed E-state index contributed by atoms with van der Waals surface area (Å²) in [6.45, 7) is -2.75. The summed E-state index contributed by atoms with van der Waals surface area (Å²) in [5.74, 6) is 0.355. The predicted octanol–water partition coefficient (Wildman–Crippen LogP) is 4.26. The van der Waals surface area contributed by atoms with Crippen molar-refractivity contribution in [2.75, 3.05) is 14.2 Å². The van der Waals surface area contributed by atoms with Crippen molar-refractivity contribution in [1.29, 1.82) is 0 Å². The van der Waals surface area contributed by atoms with E-state index in [9.17, 15) is 22.0 Å². The molecule has 0 bridgehead atoms. The molecule has 0 aliphatic rings. The minimum Gasteiger partial charge on any atom is -0.493 e. The fourth-order valence-corrected chi connectivity index (χ4v) is 2.85. The van der Waals surface area contributed by atoms with Gasteiger partial charge in [0.25, 0.3) is 0 Å². The first-order chi connectivity index (χ1) is 13.2. The van der Waals surface area contributed by atoms with E-state index in [1.165, 1.54) is 26.3 Å². The van der Waals surface area contributed by atoms with Gasteiger partial charge in [-0.1, -0.05) is 6.07 Å². The topological polar surface area (TPSA) is 67.8 Å². The zero-order valence-electron chi connectivity index (χ0n) is 15.2. The van der Waals surface area contributed by atoms with Gasteiger partial charge in [-0.2, -0.15) is 22.0 Å². The molecule has 0 unspecified atom stereocenters. The van der Waals surface area contributed by atoms with Crippen molar-refractivity contribution in [3.05, 3.63) is 39.8 Å². The summed E-state index contributed by atoms with van der Waals surface area (Å²) in [4.78, 5) is 7.46. The molecule has 2 aromatic rings. The average Bonchev–Trinajstić information content (AvgIpc) is 3.11. The summed E-state index contributed by atoms with van der Waals surface area (Å²) in [6, 6.07) is 4.52. The van der Waals surface area contributed by atoms with Crippen LogP contribution in [0.4, 0.5) is 22.0 Å². The standard InChI is InChI=1S/C16H17F5N4O2S.HI/c1-22-15(24-7-13-25-12(8-28-13)16(19,20)21)23-6-9-3-4-10(26-2)11(5-9)27-14(17)18;/h3-5,8,14H,6-7H2,1-2H3,(H2,22,23,24);1H. The maximum absolute atomic E-state index is 12.6. The molecule has 0 fully saturated rings. The van der Waals surface area contributed by atoms with Crippen molar-refractivity contribution in [3.8, 4) is 11.5 Å². The Labute approximate surface area is 184 Å². The zero-order valence-corrected chi connectivity index (χ0v) is 18.4. The zero-order chi connectivity index (χ0) is 20.7. The summed E-state index contributed by atoms with van der Waals surface area (Å²) in [5, 5.41) is 6.94. The predicted molar refractivity (Wildman–Crippen MR) is 109 cm³/mol. The lowest BCUT2D eigenvalue weighted by atomic mass is 10.2. The van der Waals surface area contributed by atoms with E-state index in [-0.39, 0.29) is 53.6 Å². The molecule has 1 heterocycles. The number of nitrogens with one attached hydrogen (secondary N) is 2. The van der Waals surface area contributed by atoms with E-state index in [1.54, 1.807) is 6.07 Å². The lowest BCUT2D eigenvalue weighted by Crippen LogP contribution is -2.36. The van der Waals surface area contributed by atoms with Crippen molar-refractivity contribution in [1.82, 2.24) is 15.6 Å². The number of aliphatic imine (C=N–C) groups is 1. The lowest BCUT2D eigenvalue weighted by Gasteiger charge is -2.14. The van der Waals surface area contributed by atoms with Crippen LogP contribution >= 0.6 is 35.3 Å². The number of hydrogen-bond donors (Lipinski definition) is 2. The molecule has 0 aliphatic carbocycles. The van der Waals surface area contributed by atoms with E-state index in [2.05, 4.69) is 25.3 Å². The monoisotopic (exact) mass is 552 g/mol. The quantitative estimate of drug-likeness (QED) is 0.233. The van der Waals surface area contributed by atoms with Crippen LogP contribution in [0.5, 0.6) is 11.5 Å². The maximum Gasteiger partial charge on any atom is 0.434 e. The Bertz CT molecular complexity index is 817. The molecule has 6 nitrogen and oxygen atoms in total. The molecule has 2 N–H and O–H groups in total. The molecule has 2 rings (SSSR count). The van der Waals surface area contributed by atoms with Gasteiger partial charge in [0.2, 0.25) is 0 Å². The number of nitrogens with zero attached hydrogens (tertiary/aromatic N) is 2. The van der Waals surface area contributed by atoms with E-state index < -0.39 is 18.5 Å². The number of guanidine groups is 1. The van der Waals surface area contributed by atoms with Gasteiger partial charge in [0.05, 0.1) is 13.7 Å². The summed E-state index contributed by atoms with van der Waals surface area (Å²) in [5.41, 5.74) is -0.338. The number of thiazole rings is 1. The van der Waals surface area contributed by atoms with Crippen LogP contribution in [0.25, 0.3) is 0 Å². The molecule has 0 atom stereocenters. The van der Waals surface area contributed by atoms with Crippen LogP contribution in [0.2, 0.25) is 0 Å². The molecule has 0 radical (unpaired) electrons. The van der Waals surface area contributed by atoms with Crippen LogP contribution in [0.15, 0.2) is 28.6 Å². The number of halogens is 6. The molecule has 0 amide bonds. The molecule has 0 spiro atoms. The molecule has 1 aromatic carbocycles. The second-order valence-electron chi connectivity index (χ2n) is 5.27. The second kappa shape index (κ2) is 11.3. The Morgan fingerprint density at radius 2 is 1.90 bits per heavy atom. The highest BCUT2D eigenvalue weighted by atomic mass is 127. The highest BCUT2D eigenvalue weighted by Crippen LogP contribution is 2.30. The molecule has 29 heavy (non-hydrogen) atoms. The number of methoxy groups -OCH3 is 1. The average molecular weight is 552 g/mol. The van der Waals surface area contributed by atoms with Gasteiger partial charge in [-0.15, -0.1) is 35.3 Å². The summed E-state index contributed by atoms with van der Waals surface area (Å²) < 4.78 is 72.0. The number of ether oxygens (including phenoxy) is 2. The third kappa shape index (κ3) is 7.79. The van der Waals surface area contributed by atoms with Crippen LogP contribution in [-0.4, -0.2) is 31.7 Å². The molecule has 162 valence electrons. The minimum atomic E-state index is -4.49. The Hall–Kier alpha value is -1.90. The minimum absolute atomic E-state index is 0. The number of benzene rings is 1.